The summed E-state index contributed by atoms with van der Waals surface area (Å²) in [7, 11) is 0. The van der Waals surface area contributed by atoms with Crippen molar-refractivity contribution in [2.24, 2.45) is 0 Å². The van der Waals surface area contributed by atoms with Gasteiger partial charge in [0, 0.05) is 25.6 Å². The maximum atomic E-state index is 13.0. The number of hydrogen-bond acceptors (Lipinski definition) is 3. The summed E-state index contributed by atoms with van der Waals surface area (Å²) >= 11 is 0. The topological polar surface area (TPSA) is 63.7 Å². The Morgan fingerprint density at radius 2 is 1.82 bits per heavy atom. The zero-order valence-corrected chi connectivity index (χ0v) is 12.8. The van der Waals surface area contributed by atoms with Crippen molar-refractivity contribution in [1.29, 1.82) is 0 Å². The van der Waals surface area contributed by atoms with Crippen molar-refractivity contribution in [3.05, 3.63) is 35.5 Å². The van der Waals surface area contributed by atoms with Crippen LogP contribution in [0.15, 0.2) is 30.3 Å². The quantitative estimate of drug-likeness (QED) is 0.604. The van der Waals surface area contributed by atoms with Crippen molar-refractivity contribution in [2.75, 3.05) is 37.6 Å². The van der Waals surface area contributed by atoms with Crippen LogP contribution in [-0.2, 0) is 9.59 Å². The van der Waals surface area contributed by atoms with Gasteiger partial charge in [0.25, 0.3) is 5.91 Å². The van der Waals surface area contributed by atoms with E-state index in [2.05, 4.69) is 0 Å². The maximum absolute atomic E-state index is 13.0. The molecule has 2 aliphatic heterocycles. The van der Waals surface area contributed by atoms with E-state index in [1.54, 1.807) is 9.80 Å². The maximum Gasteiger partial charge on any atom is 0.285 e. The van der Waals surface area contributed by atoms with Crippen LogP contribution in [0, 0.1) is 5.21 Å². The van der Waals surface area contributed by atoms with Crippen molar-refractivity contribution in [2.45, 2.75) is 19.4 Å². The molecule has 2 fully saturated rings. The highest BCUT2D eigenvalue weighted by molar-refractivity contribution is 5.98. The van der Waals surface area contributed by atoms with Gasteiger partial charge < -0.3 is 19.7 Å². The number of amides is 2. The van der Waals surface area contributed by atoms with Gasteiger partial charge in [0.2, 0.25) is 5.91 Å². The molecular weight excluding hydrogens is 282 g/mol. The molecule has 2 saturated heterocycles. The minimum atomic E-state index is -0.533. The highest BCUT2D eigenvalue weighted by Crippen LogP contribution is 2.29. The molecule has 22 heavy (non-hydrogen) atoms. The minimum absolute atomic E-state index is 0.00471. The highest BCUT2D eigenvalue weighted by Gasteiger charge is 2.44. The summed E-state index contributed by atoms with van der Waals surface area (Å²) in [5, 5.41) is 13.0. The summed E-state index contributed by atoms with van der Waals surface area (Å²) in [6.45, 7) is 3.59. The van der Waals surface area contributed by atoms with E-state index in [9.17, 15) is 14.8 Å². The van der Waals surface area contributed by atoms with Crippen LogP contribution in [0.4, 0.5) is 5.69 Å². The first-order valence-electron chi connectivity index (χ1n) is 7.71. The van der Waals surface area contributed by atoms with E-state index in [1.807, 2.05) is 30.3 Å². The lowest BCUT2D eigenvalue weighted by atomic mass is 10.1. The zero-order chi connectivity index (χ0) is 15.7. The molecule has 0 aliphatic carbocycles. The van der Waals surface area contributed by atoms with E-state index in [4.69, 9.17) is 0 Å². The van der Waals surface area contributed by atoms with Gasteiger partial charge in [-0.2, -0.15) is 0 Å². The second-order valence-corrected chi connectivity index (χ2v) is 6.04. The van der Waals surface area contributed by atoms with Crippen molar-refractivity contribution in [3.8, 4) is 0 Å². The summed E-state index contributed by atoms with van der Waals surface area (Å²) in [4.78, 5) is 27.4. The summed E-state index contributed by atoms with van der Waals surface area (Å²) in [5.74, 6) is -0.0904. The molecule has 2 amide bonds. The van der Waals surface area contributed by atoms with Crippen molar-refractivity contribution >= 4 is 17.5 Å². The SMILES string of the molecule is CC(=O)N1CC[N+]([O-])(C2CCN(c3ccccc3)C2=O)CC1. The lowest BCUT2D eigenvalue weighted by Crippen LogP contribution is -2.63. The number of benzene rings is 1. The largest absolute Gasteiger partial charge is 0.632 e. The summed E-state index contributed by atoms with van der Waals surface area (Å²) in [6, 6.07) is 8.94. The molecule has 1 atom stereocenters. The van der Waals surface area contributed by atoms with E-state index < -0.39 is 10.7 Å². The molecule has 0 aromatic heterocycles. The van der Waals surface area contributed by atoms with Gasteiger partial charge in [-0.1, -0.05) is 18.2 Å². The molecule has 6 nitrogen and oxygen atoms in total. The number of hydrogen-bond donors (Lipinski definition) is 0. The van der Waals surface area contributed by atoms with Crippen LogP contribution in [0.25, 0.3) is 0 Å². The van der Waals surface area contributed by atoms with Gasteiger partial charge in [0.15, 0.2) is 6.04 Å². The molecule has 2 heterocycles. The Morgan fingerprint density at radius 1 is 1.18 bits per heavy atom. The van der Waals surface area contributed by atoms with E-state index in [0.29, 0.717) is 39.1 Å². The Hall–Kier alpha value is -1.92. The first-order valence-corrected chi connectivity index (χ1v) is 7.71. The van der Waals surface area contributed by atoms with Crippen LogP contribution in [0.1, 0.15) is 13.3 Å². The van der Waals surface area contributed by atoms with Crippen LogP contribution in [-0.4, -0.2) is 60.1 Å². The molecule has 0 N–H and O–H groups in total. The minimum Gasteiger partial charge on any atom is -0.632 e. The molecule has 2 aliphatic rings. The zero-order valence-electron chi connectivity index (χ0n) is 12.8. The third-order valence-corrected chi connectivity index (χ3v) is 4.76. The van der Waals surface area contributed by atoms with Gasteiger partial charge >= 0.3 is 0 Å². The fraction of sp³-hybridized carbons (Fsp3) is 0.500. The lowest BCUT2D eigenvalue weighted by molar-refractivity contribution is -0.899. The van der Waals surface area contributed by atoms with E-state index in [-0.39, 0.29) is 11.8 Å². The standard InChI is InChI=1S/C16H21N3O3/c1-13(20)17-9-11-19(22,12-10-17)15-7-8-18(16(15)21)14-5-3-2-4-6-14/h2-6,15H,7-12H2,1H3. The first-order chi connectivity index (χ1) is 10.5. The van der Waals surface area contributed by atoms with Gasteiger partial charge in [-0.25, -0.2) is 0 Å². The molecule has 1 aromatic carbocycles. The van der Waals surface area contributed by atoms with Gasteiger partial charge in [0.05, 0.1) is 26.2 Å². The fourth-order valence-electron chi connectivity index (χ4n) is 3.40. The number of anilines is 1. The Kier molecular flexibility index (Phi) is 3.88. The normalized spacial score (nSPS) is 24.6. The van der Waals surface area contributed by atoms with Crippen molar-refractivity contribution < 1.29 is 14.2 Å². The third kappa shape index (κ3) is 2.60. The van der Waals surface area contributed by atoms with Gasteiger partial charge in [-0.3, -0.25) is 9.59 Å². The number of piperazine rings is 1. The lowest BCUT2D eigenvalue weighted by Gasteiger charge is -2.50. The third-order valence-electron chi connectivity index (χ3n) is 4.76. The van der Waals surface area contributed by atoms with Crippen LogP contribution >= 0.6 is 0 Å². The van der Waals surface area contributed by atoms with Crippen LogP contribution in [0.2, 0.25) is 0 Å². The monoisotopic (exact) mass is 303 g/mol. The molecule has 3 rings (SSSR count). The van der Waals surface area contributed by atoms with E-state index in [1.165, 1.54) is 6.92 Å². The average Bonchev–Trinajstić information content (AvgIpc) is 2.91. The number of hydroxylamine groups is 3. The number of quaternary nitrogens is 1. The van der Waals surface area contributed by atoms with Crippen molar-refractivity contribution in [1.82, 2.24) is 4.90 Å². The van der Waals surface area contributed by atoms with Crippen molar-refractivity contribution in [3.63, 3.8) is 0 Å². The predicted molar refractivity (Wildman–Crippen MR) is 82.8 cm³/mol. The first kappa shape index (κ1) is 15.0. The summed E-state index contributed by atoms with van der Waals surface area (Å²) < 4.78 is -0.494. The highest BCUT2D eigenvalue weighted by atomic mass is 16.5. The molecular formula is C16H21N3O3. The number of nitrogens with zero attached hydrogens (tertiary/aromatic N) is 3. The Labute approximate surface area is 130 Å². The van der Waals surface area contributed by atoms with Crippen LogP contribution in [0.5, 0.6) is 0 Å². The van der Waals surface area contributed by atoms with Gasteiger partial charge in [0.1, 0.15) is 0 Å². The molecule has 6 heteroatoms. The Bertz CT molecular complexity index is 567. The second kappa shape index (κ2) is 5.70. The van der Waals surface area contributed by atoms with Gasteiger partial charge in [-0.15, -0.1) is 0 Å². The smallest absolute Gasteiger partial charge is 0.285 e. The molecule has 0 radical (unpaired) electrons. The molecule has 118 valence electrons. The summed E-state index contributed by atoms with van der Waals surface area (Å²) in [5.41, 5.74) is 0.851. The van der Waals surface area contributed by atoms with Gasteiger partial charge in [-0.05, 0) is 12.1 Å². The molecule has 0 spiro atoms. The average molecular weight is 303 g/mol. The second-order valence-electron chi connectivity index (χ2n) is 6.04. The number of carbonyl (C=O) groups is 2. The number of carbonyl (C=O) groups excluding carboxylic acids is 2. The molecule has 0 bridgehead atoms. The number of para-hydroxylation sites is 1. The van der Waals surface area contributed by atoms with E-state index >= 15 is 0 Å². The molecule has 0 saturated carbocycles. The van der Waals surface area contributed by atoms with Crippen LogP contribution in [0.3, 0.4) is 0 Å². The molecule has 1 unspecified atom stereocenters. The molecule has 1 aromatic rings. The number of rotatable bonds is 2. The Morgan fingerprint density at radius 3 is 2.41 bits per heavy atom. The summed E-state index contributed by atoms with van der Waals surface area (Å²) in [6.07, 6.45) is 0.581. The Balaban J connectivity index is 1.71. The van der Waals surface area contributed by atoms with Crippen LogP contribution < -0.4 is 4.90 Å². The predicted octanol–water partition coefficient (Wildman–Crippen LogP) is 0.969. The van der Waals surface area contributed by atoms with E-state index in [0.717, 1.165) is 5.69 Å². The fourth-order valence-corrected chi connectivity index (χ4v) is 3.40.